The number of halogens is 1. The molecule has 1 amide bonds. The van der Waals surface area contributed by atoms with Crippen LogP contribution in [0.25, 0.3) is 5.76 Å². The molecule has 1 unspecified atom stereocenters. The van der Waals surface area contributed by atoms with Crippen LogP contribution in [0, 0.1) is 12.7 Å². The number of ether oxygens (including phenoxy) is 2. The van der Waals surface area contributed by atoms with Crippen LogP contribution >= 0.6 is 0 Å². The number of aliphatic hydroxyl groups excluding tert-OH is 1. The predicted molar refractivity (Wildman–Crippen MR) is 119 cm³/mol. The van der Waals surface area contributed by atoms with Gasteiger partial charge in [0.15, 0.2) is 0 Å². The van der Waals surface area contributed by atoms with Gasteiger partial charge in [0.2, 0.25) is 0 Å². The predicted octanol–water partition coefficient (Wildman–Crippen LogP) is 4.38. The van der Waals surface area contributed by atoms with E-state index in [0.717, 1.165) is 6.42 Å². The molecule has 0 saturated carbocycles. The van der Waals surface area contributed by atoms with Crippen molar-refractivity contribution in [3.05, 3.63) is 70.5 Å². The third kappa shape index (κ3) is 4.83. The second-order valence-electron chi connectivity index (χ2n) is 7.72. The van der Waals surface area contributed by atoms with E-state index in [4.69, 9.17) is 9.47 Å². The van der Waals surface area contributed by atoms with Gasteiger partial charge in [0, 0.05) is 25.8 Å². The summed E-state index contributed by atoms with van der Waals surface area (Å²) in [5.74, 6) is -1.59. The normalized spacial score (nSPS) is 17.8. The zero-order chi connectivity index (χ0) is 23.3. The molecule has 1 saturated heterocycles. The molecule has 0 radical (unpaired) electrons. The Morgan fingerprint density at radius 3 is 2.62 bits per heavy atom. The fraction of sp³-hybridized carbons (Fsp3) is 0.360. The zero-order valence-electron chi connectivity index (χ0n) is 18.6. The minimum atomic E-state index is -0.789. The van der Waals surface area contributed by atoms with E-state index in [1.54, 1.807) is 38.3 Å². The monoisotopic (exact) mass is 441 g/mol. The fourth-order valence-electron chi connectivity index (χ4n) is 3.78. The molecule has 1 aliphatic rings. The van der Waals surface area contributed by atoms with E-state index in [1.165, 1.54) is 23.1 Å². The molecule has 2 aromatic carbocycles. The minimum absolute atomic E-state index is 0.0222. The van der Waals surface area contributed by atoms with E-state index < -0.39 is 23.5 Å². The van der Waals surface area contributed by atoms with Crippen LogP contribution in [0.1, 0.15) is 42.5 Å². The summed E-state index contributed by atoms with van der Waals surface area (Å²) in [7, 11) is 1.57. The lowest BCUT2D eigenvalue weighted by atomic mass is 9.94. The number of hydrogen-bond acceptors (Lipinski definition) is 5. The van der Waals surface area contributed by atoms with Crippen molar-refractivity contribution in [2.75, 3.05) is 26.9 Å². The largest absolute Gasteiger partial charge is 0.507 e. The van der Waals surface area contributed by atoms with Crippen LogP contribution in [0.2, 0.25) is 0 Å². The number of aryl methyl sites for hydroxylation is 1. The Morgan fingerprint density at radius 2 is 1.94 bits per heavy atom. The summed E-state index contributed by atoms with van der Waals surface area (Å²) in [4.78, 5) is 27.4. The molecule has 0 bridgehead atoms. The highest BCUT2D eigenvalue weighted by atomic mass is 19.1. The quantitative estimate of drug-likeness (QED) is 0.271. The van der Waals surface area contributed by atoms with Gasteiger partial charge < -0.3 is 19.5 Å². The highest BCUT2D eigenvalue weighted by Gasteiger charge is 2.45. The molecule has 170 valence electrons. The van der Waals surface area contributed by atoms with Gasteiger partial charge in [-0.05, 0) is 61.2 Å². The van der Waals surface area contributed by atoms with Crippen LogP contribution in [0.5, 0.6) is 5.75 Å². The number of hydrogen-bond donors (Lipinski definition) is 1. The van der Waals surface area contributed by atoms with Crippen molar-refractivity contribution < 1.29 is 28.6 Å². The van der Waals surface area contributed by atoms with Crippen molar-refractivity contribution in [3.63, 3.8) is 0 Å². The van der Waals surface area contributed by atoms with E-state index in [2.05, 4.69) is 0 Å². The number of aliphatic hydroxyl groups is 1. The summed E-state index contributed by atoms with van der Waals surface area (Å²) in [6.07, 6.45) is 1.37. The van der Waals surface area contributed by atoms with Crippen LogP contribution in [0.4, 0.5) is 4.39 Å². The molecule has 6 nitrogen and oxygen atoms in total. The van der Waals surface area contributed by atoms with Crippen LogP contribution in [0.15, 0.2) is 48.0 Å². The molecule has 32 heavy (non-hydrogen) atoms. The summed E-state index contributed by atoms with van der Waals surface area (Å²) >= 11 is 0. The van der Waals surface area contributed by atoms with Gasteiger partial charge in [-0.15, -0.1) is 0 Å². The average Bonchev–Trinajstić information content (AvgIpc) is 3.04. The molecule has 1 aliphatic heterocycles. The maximum Gasteiger partial charge on any atom is 0.295 e. The molecule has 1 fully saturated rings. The summed E-state index contributed by atoms with van der Waals surface area (Å²) in [6, 6.07) is 10.5. The molecule has 7 heteroatoms. The van der Waals surface area contributed by atoms with Gasteiger partial charge in [0.05, 0.1) is 18.2 Å². The number of carbonyl (C=O) groups excluding carboxylic acids is 2. The number of carbonyl (C=O) groups is 2. The first-order valence-electron chi connectivity index (χ1n) is 10.7. The minimum Gasteiger partial charge on any atom is -0.507 e. The van der Waals surface area contributed by atoms with Crippen LogP contribution in [-0.4, -0.2) is 48.6 Å². The number of methoxy groups -OCH3 is 1. The SMILES string of the molecule is CCCOc1cccc(C2/C(=C(/O)c3ccc(F)c(C)c3)C(=O)C(=O)N2CCCOC)c1. The molecule has 1 atom stereocenters. The summed E-state index contributed by atoms with van der Waals surface area (Å²) in [5.41, 5.74) is 1.23. The van der Waals surface area contributed by atoms with E-state index in [9.17, 15) is 19.1 Å². The lowest BCUT2D eigenvalue weighted by Gasteiger charge is -2.25. The molecule has 2 aromatic rings. The Bertz CT molecular complexity index is 1030. The van der Waals surface area contributed by atoms with Crippen molar-refractivity contribution >= 4 is 17.4 Å². The first kappa shape index (κ1) is 23.5. The van der Waals surface area contributed by atoms with E-state index in [-0.39, 0.29) is 23.4 Å². The fourth-order valence-corrected chi connectivity index (χ4v) is 3.78. The van der Waals surface area contributed by atoms with Crippen LogP contribution in [-0.2, 0) is 14.3 Å². The van der Waals surface area contributed by atoms with Gasteiger partial charge in [-0.1, -0.05) is 19.1 Å². The summed E-state index contributed by atoms with van der Waals surface area (Å²) < 4.78 is 24.6. The lowest BCUT2D eigenvalue weighted by Crippen LogP contribution is -2.31. The summed E-state index contributed by atoms with van der Waals surface area (Å²) in [6.45, 7) is 4.81. The molecule has 1 heterocycles. The third-order valence-corrected chi connectivity index (χ3v) is 5.37. The highest BCUT2D eigenvalue weighted by molar-refractivity contribution is 6.46. The Labute approximate surface area is 187 Å². The van der Waals surface area contributed by atoms with Crippen molar-refractivity contribution in [1.82, 2.24) is 4.90 Å². The molecule has 0 spiro atoms. The van der Waals surface area contributed by atoms with Crippen molar-refractivity contribution in [2.45, 2.75) is 32.7 Å². The Morgan fingerprint density at radius 1 is 1.16 bits per heavy atom. The molecule has 1 N–H and O–H groups in total. The van der Waals surface area contributed by atoms with Crippen LogP contribution in [0.3, 0.4) is 0 Å². The van der Waals surface area contributed by atoms with Gasteiger partial charge in [-0.3, -0.25) is 9.59 Å². The maximum absolute atomic E-state index is 13.7. The van der Waals surface area contributed by atoms with Gasteiger partial charge in [0.1, 0.15) is 17.3 Å². The molecule has 0 aliphatic carbocycles. The Hall–Kier alpha value is -3.19. The number of amides is 1. The van der Waals surface area contributed by atoms with Crippen LogP contribution < -0.4 is 4.74 Å². The summed E-state index contributed by atoms with van der Waals surface area (Å²) in [5, 5.41) is 11.1. The van der Waals surface area contributed by atoms with Gasteiger partial charge in [-0.25, -0.2) is 4.39 Å². The molecular formula is C25H28FNO5. The average molecular weight is 441 g/mol. The van der Waals surface area contributed by atoms with Crippen molar-refractivity contribution in [3.8, 4) is 5.75 Å². The van der Waals surface area contributed by atoms with Gasteiger partial charge >= 0.3 is 0 Å². The van der Waals surface area contributed by atoms with Gasteiger partial charge in [0.25, 0.3) is 11.7 Å². The second-order valence-corrected chi connectivity index (χ2v) is 7.72. The van der Waals surface area contributed by atoms with Crippen molar-refractivity contribution in [1.29, 1.82) is 0 Å². The first-order chi connectivity index (χ1) is 15.4. The molecular weight excluding hydrogens is 413 g/mol. The number of rotatable bonds is 9. The number of nitrogens with zero attached hydrogens (tertiary/aromatic N) is 1. The highest BCUT2D eigenvalue weighted by Crippen LogP contribution is 2.40. The Balaban J connectivity index is 2.11. The van der Waals surface area contributed by atoms with E-state index >= 15 is 0 Å². The number of Topliss-reactive ketones (excluding diaryl/α,β-unsaturated/α-hetero) is 1. The Kier molecular flexibility index (Phi) is 7.64. The molecule has 3 rings (SSSR count). The number of likely N-dealkylation sites (tertiary alicyclic amines) is 1. The zero-order valence-corrected chi connectivity index (χ0v) is 18.6. The van der Waals surface area contributed by atoms with Crippen molar-refractivity contribution in [2.24, 2.45) is 0 Å². The second kappa shape index (κ2) is 10.4. The maximum atomic E-state index is 13.7. The smallest absolute Gasteiger partial charge is 0.295 e. The molecule has 0 aromatic heterocycles. The first-order valence-corrected chi connectivity index (χ1v) is 10.7. The van der Waals surface area contributed by atoms with E-state index in [0.29, 0.717) is 36.5 Å². The lowest BCUT2D eigenvalue weighted by molar-refractivity contribution is -0.140. The number of benzene rings is 2. The van der Waals surface area contributed by atoms with Gasteiger partial charge in [-0.2, -0.15) is 0 Å². The van der Waals surface area contributed by atoms with E-state index in [1.807, 2.05) is 6.92 Å². The third-order valence-electron chi connectivity index (χ3n) is 5.37. The number of ketones is 1. The standard InChI is InChI=1S/C25H28FNO5/c1-4-12-32-19-8-5-7-17(15-19)22-21(23(28)18-9-10-20(26)16(2)14-18)24(29)25(30)27(22)11-6-13-31-3/h5,7-10,14-15,22,28H,4,6,11-13H2,1-3H3/b23-21-. The topological polar surface area (TPSA) is 76.1 Å².